The molecule has 1 rings (SSSR count). The quantitative estimate of drug-likeness (QED) is 0.442. The monoisotopic (exact) mass is 339 g/mol. The van der Waals surface area contributed by atoms with Crippen LogP contribution >= 0.6 is 0 Å². The van der Waals surface area contributed by atoms with Gasteiger partial charge >= 0.3 is 0 Å². The Bertz CT molecular complexity index is 280. The van der Waals surface area contributed by atoms with Crippen molar-refractivity contribution in [2.45, 2.75) is 91.0 Å². The minimum atomic E-state index is 0.636. The van der Waals surface area contributed by atoms with Crippen molar-refractivity contribution in [3.05, 3.63) is 0 Å². The lowest BCUT2D eigenvalue weighted by Gasteiger charge is -2.31. The van der Waals surface area contributed by atoms with E-state index in [0.29, 0.717) is 6.04 Å². The molecule has 3 nitrogen and oxygen atoms in total. The van der Waals surface area contributed by atoms with Gasteiger partial charge in [-0.1, -0.05) is 59.3 Å². The smallest absolute Gasteiger partial charge is 0.0192 e. The second kappa shape index (κ2) is 14.1. The van der Waals surface area contributed by atoms with Crippen molar-refractivity contribution >= 4 is 0 Å². The molecule has 3 unspecified atom stereocenters. The highest BCUT2D eigenvalue weighted by Gasteiger charge is 2.22. The van der Waals surface area contributed by atoms with Crippen molar-refractivity contribution in [2.24, 2.45) is 23.5 Å². The number of nitrogens with one attached hydrogen (secondary N) is 2. The molecule has 4 N–H and O–H groups in total. The first-order valence-corrected chi connectivity index (χ1v) is 10.9. The van der Waals surface area contributed by atoms with E-state index in [1.807, 2.05) is 0 Å². The third-order valence-corrected chi connectivity index (χ3v) is 5.90. The summed E-state index contributed by atoms with van der Waals surface area (Å²) in [7, 11) is 0. The highest BCUT2D eigenvalue weighted by Crippen LogP contribution is 2.31. The summed E-state index contributed by atoms with van der Waals surface area (Å²) in [6.45, 7) is 11.2. The highest BCUT2D eigenvalue weighted by molar-refractivity contribution is 4.78. The maximum Gasteiger partial charge on any atom is 0.0192 e. The molecule has 24 heavy (non-hydrogen) atoms. The average Bonchev–Trinajstić information content (AvgIpc) is 2.59. The molecular formula is C21H45N3. The summed E-state index contributed by atoms with van der Waals surface area (Å²) in [6, 6.07) is 0.636. The summed E-state index contributed by atoms with van der Waals surface area (Å²) in [4.78, 5) is 0. The molecule has 4 atom stereocenters. The van der Waals surface area contributed by atoms with Crippen molar-refractivity contribution in [3.63, 3.8) is 0 Å². The van der Waals surface area contributed by atoms with Crippen LogP contribution in [0.4, 0.5) is 0 Å². The van der Waals surface area contributed by atoms with Crippen molar-refractivity contribution in [1.82, 2.24) is 10.6 Å². The molecule has 0 spiro atoms. The maximum atomic E-state index is 5.71. The van der Waals surface area contributed by atoms with Crippen molar-refractivity contribution in [3.8, 4) is 0 Å². The largest absolute Gasteiger partial charge is 0.330 e. The molecular weight excluding hydrogens is 294 g/mol. The first kappa shape index (κ1) is 21.9. The van der Waals surface area contributed by atoms with E-state index in [1.54, 1.807) is 0 Å². The Morgan fingerprint density at radius 3 is 2.46 bits per heavy atom. The topological polar surface area (TPSA) is 50.1 Å². The average molecular weight is 340 g/mol. The Morgan fingerprint density at radius 1 is 1.00 bits per heavy atom. The zero-order chi connectivity index (χ0) is 17.6. The molecule has 1 fully saturated rings. The van der Waals surface area contributed by atoms with Crippen LogP contribution in [0.25, 0.3) is 0 Å². The molecule has 0 aliphatic heterocycles. The zero-order valence-corrected chi connectivity index (χ0v) is 16.8. The van der Waals surface area contributed by atoms with Gasteiger partial charge in [-0.05, 0) is 63.1 Å². The summed E-state index contributed by atoms with van der Waals surface area (Å²) >= 11 is 0. The summed E-state index contributed by atoms with van der Waals surface area (Å²) in [6.07, 6.45) is 13.6. The molecule has 3 heteroatoms. The van der Waals surface area contributed by atoms with Crippen LogP contribution in [0.3, 0.4) is 0 Å². The van der Waals surface area contributed by atoms with Crippen LogP contribution in [-0.2, 0) is 0 Å². The lowest BCUT2D eigenvalue weighted by Crippen LogP contribution is -2.42. The molecule has 0 bridgehead atoms. The van der Waals surface area contributed by atoms with Crippen LogP contribution in [0, 0.1) is 17.8 Å². The van der Waals surface area contributed by atoms with Crippen LogP contribution in [-0.4, -0.2) is 32.2 Å². The molecule has 0 saturated heterocycles. The number of hydrogen-bond donors (Lipinski definition) is 3. The molecule has 0 aromatic heterocycles. The van der Waals surface area contributed by atoms with E-state index < -0.39 is 0 Å². The minimum Gasteiger partial charge on any atom is -0.330 e. The SMILES string of the molecule is CCCC1CCCC(CNC(CCC)CNC[C@H](CC)CCN)C1. The van der Waals surface area contributed by atoms with Gasteiger partial charge in [-0.2, -0.15) is 0 Å². The predicted octanol–water partition coefficient (Wildman–Crippen LogP) is 4.32. The molecule has 0 amide bonds. The van der Waals surface area contributed by atoms with E-state index in [4.69, 9.17) is 5.73 Å². The van der Waals surface area contributed by atoms with E-state index in [-0.39, 0.29) is 0 Å². The van der Waals surface area contributed by atoms with E-state index in [0.717, 1.165) is 43.8 Å². The predicted molar refractivity (Wildman–Crippen MR) is 107 cm³/mol. The van der Waals surface area contributed by atoms with Crippen LogP contribution < -0.4 is 16.4 Å². The first-order chi connectivity index (χ1) is 11.7. The first-order valence-electron chi connectivity index (χ1n) is 10.9. The second-order valence-corrected chi connectivity index (χ2v) is 8.09. The van der Waals surface area contributed by atoms with Gasteiger partial charge in [-0.3, -0.25) is 0 Å². The summed E-state index contributed by atoms with van der Waals surface area (Å²) < 4.78 is 0. The van der Waals surface area contributed by atoms with Gasteiger partial charge in [0.05, 0.1) is 0 Å². The standard InChI is InChI=1S/C21H45N3/c1-4-8-19-10-7-11-20(14-19)16-24-21(9-5-2)17-23-15-18(6-3)12-13-22/h18-21,23-24H,4-17,22H2,1-3H3/t18-,19?,20?,21?/m1/s1. The fourth-order valence-electron chi connectivity index (χ4n) is 4.36. The van der Waals surface area contributed by atoms with Gasteiger partial charge in [-0.25, -0.2) is 0 Å². The molecule has 0 radical (unpaired) electrons. The Kier molecular flexibility index (Phi) is 12.9. The number of nitrogens with two attached hydrogens (primary N) is 1. The van der Waals surface area contributed by atoms with Gasteiger partial charge in [0.15, 0.2) is 0 Å². The molecule has 0 heterocycles. The lowest BCUT2D eigenvalue weighted by molar-refractivity contribution is 0.239. The molecule has 1 aliphatic carbocycles. The zero-order valence-electron chi connectivity index (χ0n) is 16.8. The Morgan fingerprint density at radius 2 is 1.79 bits per heavy atom. The van der Waals surface area contributed by atoms with Crippen molar-refractivity contribution < 1.29 is 0 Å². The van der Waals surface area contributed by atoms with E-state index in [9.17, 15) is 0 Å². The van der Waals surface area contributed by atoms with Gasteiger partial charge in [0.25, 0.3) is 0 Å². The van der Waals surface area contributed by atoms with Crippen molar-refractivity contribution in [1.29, 1.82) is 0 Å². The van der Waals surface area contributed by atoms with Crippen LogP contribution in [0.15, 0.2) is 0 Å². The highest BCUT2D eigenvalue weighted by atomic mass is 15.0. The van der Waals surface area contributed by atoms with E-state index >= 15 is 0 Å². The van der Waals surface area contributed by atoms with Gasteiger partial charge in [0, 0.05) is 12.6 Å². The van der Waals surface area contributed by atoms with Gasteiger partial charge < -0.3 is 16.4 Å². The second-order valence-electron chi connectivity index (χ2n) is 8.09. The maximum absolute atomic E-state index is 5.71. The third-order valence-electron chi connectivity index (χ3n) is 5.90. The van der Waals surface area contributed by atoms with E-state index in [1.165, 1.54) is 64.3 Å². The van der Waals surface area contributed by atoms with Gasteiger partial charge in [-0.15, -0.1) is 0 Å². The third kappa shape index (κ3) is 9.39. The summed E-state index contributed by atoms with van der Waals surface area (Å²) in [5.74, 6) is 2.65. The number of rotatable bonds is 14. The summed E-state index contributed by atoms with van der Waals surface area (Å²) in [5, 5.41) is 7.59. The minimum absolute atomic E-state index is 0.636. The number of hydrogen-bond acceptors (Lipinski definition) is 3. The summed E-state index contributed by atoms with van der Waals surface area (Å²) in [5.41, 5.74) is 5.71. The Hall–Kier alpha value is -0.120. The molecule has 1 saturated carbocycles. The van der Waals surface area contributed by atoms with Crippen LogP contribution in [0.1, 0.15) is 85.0 Å². The van der Waals surface area contributed by atoms with E-state index in [2.05, 4.69) is 31.4 Å². The van der Waals surface area contributed by atoms with Gasteiger partial charge in [0.2, 0.25) is 0 Å². The normalized spacial score (nSPS) is 24.0. The lowest BCUT2D eigenvalue weighted by atomic mass is 9.79. The Labute approximate surface area is 151 Å². The van der Waals surface area contributed by atoms with Crippen molar-refractivity contribution in [2.75, 3.05) is 26.2 Å². The fraction of sp³-hybridized carbons (Fsp3) is 1.00. The van der Waals surface area contributed by atoms with Crippen LogP contribution in [0.5, 0.6) is 0 Å². The van der Waals surface area contributed by atoms with Crippen LogP contribution in [0.2, 0.25) is 0 Å². The molecule has 0 aromatic carbocycles. The molecule has 0 aromatic rings. The molecule has 1 aliphatic rings. The Balaban J connectivity index is 2.26. The molecule has 144 valence electrons. The van der Waals surface area contributed by atoms with Gasteiger partial charge in [0.1, 0.15) is 0 Å². The fourth-order valence-corrected chi connectivity index (χ4v) is 4.36.